The zero-order chi connectivity index (χ0) is 13.0. The largest absolute Gasteiger partial charge is 0.506 e. The van der Waals surface area contributed by atoms with E-state index in [4.69, 9.17) is 5.11 Å². The number of carbonyl (C=O) groups is 1. The fourth-order valence-corrected chi connectivity index (χ4v) is 3.15. The Morgan fingerprint density at radius 2 is 2.12 bits per heavy atom. The van der Waals surface area contributed by atoms with Gasteiger partial charge in [-0.2, -0.15) is 0 Å². The van der Waals surface area contributed by atoms with Crippen molar-refractivity contribution in [2.75, 3.05) is 6.61 Å². The van der Waals surface area contributed by atoms with Crippen molar-refractivity contribution < 1.29 is 15.0 Å². The van der Waals surface area contributed by atoms with E-state index in [0.717, 1.165) is 3.57 Å². The summed E-state index contributed by atoms with van der Waals surface area (Å²) in [7, 11) is 0. The molecule has 1 aromatic carbocycles. The number of aromatic hydroxyl groups is 1. The van der Waals surface area contributed by atoms with E-state index in [1.54, 1.807) is 12.1 Å². The number of hydrogen-bond donors (Lipinski definition) is 3. The predicted molar refractivity (Wildman–Crippen MR) is 82.2 cm³/mol. The number of phenols is 1. The zero-order valence-electron chi connectivity index (χ0n) is 9.20. The van der Waals surface area contributed by atoms with Crippen LogP contribution in [-0.4, -0.2) is 28.8 Å². The summed E-state index contributed by atoms with van der Waals surface area (Å²) in [6.07, 6.45) is 0.494. The van der Waals surface area contributed by atoms with Crippen LogP contribution in [0.5, 0.6) is 5.75 Å². The number of halogens is 2. The molecular weight excluding hydrogens is 448 g/mol. The van der Waals surface area contributed by atoms with Gasteiger partial charge in [0.05, 0.1) is 9.13 Å². The van der Waals surface area contributed by atoms with Gasteiger partial charge in [-0.3, -0.25) is 4.79 Å². The second kappa shape index (κ2) is 6.74. The van der Waals surface area contributed by atoms with Crippen molar-refractivity contribution >= 4 is 51.1 Å². The van der Waals surface area contributed by atoms with Gasteiger partial charge < -0.3 is 15.5 Å². The first kappa shape index (κ1) is 15.0. The molecule has 17 heavy (non-hydrogen) atoms. The van der Waals surface area contributed by atoms with Crippen LogP contribution in [0.1, 0.15) is 23.7 Å². The van der Waals surface area contributed by atoms with Gasteiger partial charge in [-0.15, -0.1) is 0 Å². The van der Waals surface area contributed by atoms with Crippen LogP contribution in [-0.2, 0) is 0 Å². The average molecular weight is 461 g/mol. The Morgan fingerprint density at radius 3 is 2.71 bits per heavy atom. The molecule has 0 fully saturated rings. The summed E-state index contributed by atoms with van der Waals surface area (Å²) in [5, 5.41) is 21.3. The number of nitrogens with one attached hydrogen (secondary N) is 1. The number of phenolic OH excluding ortho intramolecular Hbond substituents is 1. The molecule has 6 heteroatoms. The van der Waals surface area contributed by atoms with Crippen molar-refractivity contribution in [2.24, 2.45) is 0 Å². The molecule has 0 bridgehead atoms. The normalized spacial score (nSPS) is 12.2. The quantitative estimate of drug-likeness (QED) is 0.603. The van der Waals surface area contributed by atoms with Crippen molar-refractivity contribution in [3.8, 4) is 5.75 Å². The summed E-state index contributed by atoms with van der Waals surface area (Å²) in [6.45, 7) is 1.83. The molecule has 0 aliphatic heterocycles. The molecule has 0 radical (unpaired) electrons. The summed E-state index contributed by atoms with van der Waals surface area (Å²) < 4.78 is 1.54. The molecule has 0 saturated carbocycles. The molecule has 0 heterocycles. The van der Waals surface area contributed by atoms with E-state index in [9.17, 15) is 9.90 Å². The smallest absolute Gasteiger partial charge is 0.255 e. The number of rotatable bonds is 4. The Bertz CT molecular complexity index is 423. The third-order valence-corrected chi connectivity index (χ3v) is 3.66. The highest BCUT2D eigenvalue weighted by Gasteiger charge is 2.16. The van der Waals surface area contributed by atoms with E-state index in [1.165, 1.54) is 0 Å². The minimum atomic E-state index is -0.320. The molecule has 0 aliphatic rings. The van der Waals surface area contributed by atoms with Crippen LogP contribution >= 0.6 is 45.2 Å². The lowest BCUT2D eigenvalue weighted by molar-refractivity contribution is 0.0931. The fraction of sp³-hybridized carbons (Fsp3) is 0.364. The van der Waals surface area contributed by atoms with Crippen molar-refractivity contribution in [3.05, 3.63) is 24.8 Å². The van der Waals surface area contributed by atoms with E-state index >= 15 is 0 Å². The van der Waals surface area contributed by atoms with Gasteiger partial charge in [-0.25, -0.2) is 0 Å². The molecule has 4 nitrogen and oxygen atoms in total. The SMILES string of the molecule is CC(CCO)NC(=O)c1cc(I)cc(I)c1O. The van der Waals surface area contributed by atoms with Gasteiger partial charge in [0.25, 0.3) is 5.91 Å². The van der Waals surface area contributed by atoms with Gasteiger partial charge in [-0.05, 0) is 70.7 Å². The van der Waals surface area contributed by atoms with Crippen LogP contribution in [0.15, 0.2) is 12.1 Å². The fourth-order valence-electron chi connectivity index (χ4n) is 1.31. The van der Waals surface area contributed by atoms with E-state index in [-0.39, 0.29) is 29.9 Å². The Labute approximate surface area is 127 Å². The number of benzene rings is 1. The van der Waals surface area contributed by atoms with Crippen LogP contribution in [0.25, 0.3) is 0 Å². The van der Waals surface area contributed by atoms with Gasteiger partial charge in [-0.1, -0.05) is 0 Å². The highest BCUT2D eigenvalue weighted by atomic mass is 127. The molecule has 0 aromatic heterocycles. The lowest BCUT2D eigenvalue weighted by Crippen LogP contribution is -2.33. The first-order chi connectivity index (χ1) is 7.95. The maximum absolute atomic E-state index is 11.9. The number of hydrogen-bond acceptors (Lipinski definition) is 3. The molecular formula is C11H13I2NO3. The van der Waals surface area contributed by atoms with Crippen LogP contribution in [0.4, 0.5) is 0 Å². The summed E-state index contributed by atoms with van der Waals surface area (Å²) in [6, 6.07) is 3.31. The van der Waals surface area contributed by atoms with Crippen molar-refractivity contribution in [1.82, 2.24) is 5.32 Å². The number of aliphatic hydroxyl groups excluding tert-OH is 1. The third-order valence-electron chi connectivity index (χ3n) is 2.21. The molecule has 3 N–H and O–H groups in total. The third kappa shape index (κ3) is 4.25. The first-order valence-electron chi connectivity index (χ1n) is 5.05. The Balaban J connectivity index is 2.89. The second-order valence-electron chi connectivity index (χ2n) is 3.67. The van der Waals surface area contributed by atoms with E-state index < -0.39 is 0 Å². The van der Waals surface area contributed by atoms with Crippen molar-refractivity contribution in [2.45, 2.75) is 19.4 Å². The van der Waals surface area contributed by atoms with Gasteiger partial charge in [0.1, 0.15) is 5.75 Å². The number of aliphatic hydroxyl groups is 1. The van der Waals surface area contributed by atoms with Gasteiger partial charge in [0.2, 0.25) is 0 Å². The van der Waals surface area contributed by atoms with E-state index in [0.29, 0.717) is 9.99 Å². The number of carbonyl (C=O) groups excluding carboxylic acids is 1. The molecule has 1 aromatic rings. The van der Waals surface area contributed by atoms with Crippen LogP contribution in [0.3, 0.4) is 0 Å². The monoisotopic (exact) mass is 461 g/mol. The van der Waals surface area contributed by atoms with E-state index in [1.807, 2.05) is 29.5 Å². The Kier molecular flexibility index (Phi) is 5.93. The summed E-state index contributed by atoms with van der Waals surface area (Å²) in [5.74, 6) is -0.320. The molecule has 1 unspecified atom stereocenters. The summed E-state index contributed by atoms with van der Waals surface area (Å²) in [5.41, 5.74) is 0.270. The molecule has 1 atom stereocenters. The lowest BCUT2D eigenvalue weighted by atomic mass is 10.1. The maximum Gasteiger partial charge on any atom is 0.255 e. The molecule has 1 amide bonds. The molecule has 0 spiro atoms. The molecule has 94 valence electrons. The van der Waals surface area contributed by atoms with Crippen LogP contribution in [0.2, 0.25) is 0 Å². The Morgan fingerprint density at radius 1 is 1.47 bits per heavy atom. The van der Waals surface area contributed by atoms with Crippen molar-refractivity contribution in [3.63, 3.8) is 0 Å². The highest BCUT2D eigenvalue weighted by Crippen LogP contribution is 2.26. The average Bonchev–Trinajstić information content (AvgIpc) is 2.23. The number of amides is 1. The van der Waals surface area contributed by atoms with Gasteiger partial charge >= 0.3 is 0 Å². The summed E-state index contributed by atoms with van der Waals surface area (Å²) in [4.78, 5) is 11.9. The highest BCUT2D eigenvalue weighted by molar-refractivity contribution is 14.1. The van der Waals surface area contributed by atoms with E-state index in [2.05, 4.69) is 27.9 Å². The van der Waals surface area contributed by atoms with Crippen molar-refractivity contribution in [1.29, 1.82) is 0 Å². The minimum Gasteiger partial charge on any atom is -0.506 e. The molecule has 0 aliphatic carbocycles. The Hall–Kier alpha value is -0.0900. The van der Waals surface area contributed by atoms with Crippen LogP contribution < -0.4 is 5.32 Å². The predicted octanol–water partition coefficient (Wildman–Crippen LogP) is 2.10. The van der Waals surface area contributed by atoms with Gasteiger partial charge in [0.15, 0.2) is 0 Å². The lowest BCUT2D eigenvalue weighted by Gasteiger charge is -2.13. The van der Waals surface area contributed by atoms with Crippen LogP contribution in [0, 0.1) is 7.14 Å². The second-order valence-corrected chi connectivity index (χ2v) is 6.08. The topological polar surface area (TPSA) is 69.6 Å². The molecule has 1 rings (SSSR count). The standard InChI is InChI=1S/C11H13I2NO3/c1-6(2-3-15)14-11(17)8-4-7(12)5-9(13)10(8)16/h4-6,15-16H,2-3H2,1H3,(H,14,17). The first-order valence-corrected chi connectivity index (χ1v) is 7.21. The molecule has 0 saturated heterocycles. The maximum atomic E-state index is 11.9. The zero-order valence-corrected chi connectivity index (χ0v) is 13.5. The minimum absolute atomic E-state index is 0.000264. The van der Waals surface area contributed by atoms with Gasteiger partial charge in [0, 0.05) is 16.2 Å². The summed E-state index contributed by atoms with van der Waals surface area (Å²) >= 11 is 4.08.